The highest BCUT2D eigenvalue weighted by Crippen LogP contribution is 2.20. The van der Waals surface area contributed by atoms with E-state index in [4.69, 9.17) is 0 Å². The molecule has 3 aromatic heterocycles. The van der Waals surface area contributed by atoms with Crippen molar-refractivity contribution in [3.8, 4) is 0 Å². The molecule has 4 rings (SSSR count). The zero-order chi connectivity index (χ0) is 17.2. The second kappa shape index (κ2) is 6.46. The summed E-state index contributed by atoms with van der Waals surface area (Å²) < 4.78 is 3.65. The summed E-state index contributed by atoms with van der Waals surface area (Å²) in [5, 5.41) is 4.19. The van der Waals surface area contributed by atoms with Gasteiger partial charge in [0.15, 0.2) is 0 Å². The lowest BCUT2D eigenvalue weighted by Gasteiger charge is -2.24. The zero-order valence-corrected chi connectivity index (χ0v) is 14.0. The molecular weight excluding hydrogens is 318 g/mol. The van der Waals surface area contributed by atoms with Crippen molar-refractivity contribution in [1.82, 2.24) is 29.3 Å². The molecule has 1 unspecified atom stereocenters. The number of hydrogen-bond donors (Lipinski definition) is 0. The Morgan fingerprint density at radius 1 is 1.16 bits per heavy atom. The van der Waals surface area contributed by atoms with Gasteiger partial charge in [-0.25, -0.2) is 19.6 Å². The van der Waals surface area contributed by atoms with Crippen LogP contribution in [0.3, 0.4) is 0 Å². The Labute approximate surface area is 144 Å². The van der Waals surface area contributed by atoms with Crippen LogP contribution in [0.4, 0.5) is 5.95 Å². The number of imidazole rings is 1. The molecule has 128 valence electrons. The molecule has 3 aromatic rings. The first-order valence-electron chi connectivity index (χ1n) is 8.25. The highest BCUT2D eigenvalue weighted by molar-refractivity contribution is 5.31. The van der Waals surface area contributed by atoms with Gasteiger partial charge in [-0.2, -0.15) is 5.10 Å². The number of anilines is 1. The van der Waals surface area contributed by atoms with Crippen molar-refractivity contribution in [2.45, 2.75) is 26.6 Å². The van der Waals surface area contributed by atoms with Crippen molar-refractivity contribution in [1.29, 1.82) is 0 Å². The van der Waals surface area contributed by atoms with Gasteiger partial charge in [0.25, 0.3) is 5.56 Å². The van der Waals surface area contributed by atoms with Crippen molar-refractivity contribution in [2.24, 2.45) is 5.92 Å². The predicted octanol–water partition coefficient (Wildman–Crippen LogP) is 0.875. The van der Waals surface area contributed by atoms with E-state index in [1.807, 2.05) is 25.5 Å². The van der Waals surface area contributed by atoms with Crippen molar-refractivity contribution in [3.05, 3.63) is 64.9 Å². The van der Waals surface area contributed by atoms with Gasteiger partial charge in [0.05, 0.1) is 13.1 Å². The van der Waals surface area contributed by atoms with Crippen molar-refractivity contribution < 1.29 is 0 Å². The lowest BCUT2D eigenvalue weighted by molar-refractivity contribution is 0.369. The molecule has 0 radical (unpaired) electrons. The lowest BCUT2D eigenvalue weighted by atomic mass is 10.1. The Bertz CT molecular complexity index is 915. The summed E-state index contributed by atoms with van der Waals surface area (Å²) in [5.41, 5.74) is 0.937. The minimum atomic E-state index is -0.0873. The van der Waals surface area contributed by atoms with Gasteiger partial charge in [0.2, 0.25) is 5.95 Å². The predicted molar refractivity (Wildman–Crippen MR) is 92.0 cm³/mol. The first-order valence-corrected chi connectivity index (χ1v) is 8.25. The van der Waals surface area contributed by atoms with E-state index in [0.29, 0.717) is 19.0 Å². The Hall–Kier alpha value is -3.03. The van der Waals surface area contributed by atoms with Crippen LogP contribution in [0.1, 0.15) is 11.4 Å². The molecule has 0 spiro atoms. The quantitative estimate of drug-likeness (QED) is 0.705. The minimum Gasteiger partial charge on any atom is -0.333 e. The largest absolute Gasteiger partial charge is 0.333 e. The summed E-state index contributed by atoms with van der Waals surface area (Å²) in [6, 6.07) is 3.19. The molecule has 1 aliphatic heterocycles. The molecule has 0 N–H and O–H groups in total. The fourth-order valence-corrected chi connectivity index (χ4v) is 3.13. The normalized spacial score (nSPS) is 17.2. The fraction of sp³-hybridized carbons (Fsp3) is 0.353. The van der Waals surface area contributed by atoms with Crippen LogP contribution in [0, 0.1) is 12.8 Å². The van der Waals surface area contributed by atoms with E-state index in [1.165, 1.54) is 10.7 Å². The van der Waals surface area contributed by atoms with Crippen LogP contribution in [0.5, 0.6) is 0 Å². The molecule has 0 fully saturated rings. The van der Waals surface area contributed by atoms with E-state index in [1.54, 1.807) is 18.5 Å². The van der Waals surface area contributed by atoms with Gasteiger partial charge >= 0.3 is 0 Å². The average molecular weight is 337 g/mol. The highest BCUT2D eigenvalue weighted by atomic mass is 16.1. The number of aryl methyl sites for hydroxylation is 1. The molecule has 0 bridgehead atoms. The van der Waals surface area contributed by atoms with E-state index in [9.17, 15) is 4.79 Å². The van der Waals surface area contributed by atoms with Crippen LogP contribution < -0.4 is 10.5 Å². The number of hydrogen-bond acceptors (Lipinski definition) is 6. The number of aromatic nitrogens is 6. The maximum absolute atomic E-state index is 12.0. The van der Waals surface area contributed by atoms with Gasteiger partial charge in [-0.1, -0.05) is 0 Å². The fourth-order valence-electron chi connectivity index (χ4n) is 3.13. The third-order valence-corrected chi connectivity index (χ3v) is 4.33. The SMILES string of the molecule is Cc1cnc(N2Cc3nccn3CC(Cn3ncccc3=O)C2)nc1. The Morgan fingerprint density at radius 3 is 2.80 bits per heavy atom. The van der Waals surface area contributed by atoms with Gasteiger partial charge in [0, 0.05) is 56.1 Å². The number of rotatable bonds is 3. The summed E-state index contributed by atoms with van der Waals surface area (Å²) in [7, 11) is 0. The summed E-state index contributed by atoms with van der Waals surface area (Å²) >= 11 is 0. The summed E-state index contributed by atoms with van der Waals surface area (Å²) in [4.78, 5) is 27.5. The van der Waals surface area contributed by atoms with Crippen LogP contribution >= 0.6 is 0 Å². The van der Waals surface area contributed by atoms with Crippen molar-refractivity contribution in [3.63, 3.8) is 0 Å². The van der Waals surface area contributed by atoms with E-state index >= 15 is 0 Å². The van der Waals surface area contributed by atoms with Crippen LogP contribution in [0.15, 0.2) is 47.9 Å². The second-order valence-electron chi connectivity index (χ2n) is 6.35. The molecule has 25 heavy (non-hydrogen) atoms. The molecule has 0 aliphatic carbocycles. The maximum Gasteiger partial charge on any atom is 0.266 e. The second-order valence-corrected chi connectivity index (χ2v) is 6.35. The molecule has 4 heterocycles. The first-order chi connectivity index (χ1) is 12.2. The summed E-state index contributed by atoms with van der Waals surface area (Å²) in [6.07, 6.45) is 9.05. The number of nitrogens with zero attached hydrogens (tertiary/aromatic N) is 7. The molecule has 0 saturated carbocycles. The van der Waals surface area contributed by atoms with E-state index in [-0.39, 0.29) is 11.5 Å². The topological polar surface area (TPSA) is 81.7 Å². The third-order valence-electron chi connectivity index (χ3n) is 4.33. The highest BCUT2D eigenvalue weighted by Gasteiger charge is 2.24. The summed E-state index contributed by atoms with van der Waals surface area (Å²) in [5.74, 6) is 1.84. The maximum atomic E-state index is 12.0. The van der Waals surface area contributed by atoms with E-state index < -0.39 is 0 Å². The monoisotopic (exact) mass is 337 g/mol. The van der Waals surface area contributed by atoms with Crippen molar-refractivity contribution >= 4 is 5.95 Å². The summed E-state index contributed by atoms with van der Waals surface area (Å²) in [6.45, 7) is 4.66. The van der Waals surface area contributed by atoms with Crippen LogP contribution in [-0.2, 0) is 19.6 Å². The van der Waals surface area contributed by atoms with Crippen LogP contribution in [0.25, 0.3) is 0 Å². The van der Waals surface area contributed by atoms with Gasteiger partial charge in [-0.3, -0.25) is 4.79 Å². The zero-order valence-electron chi connectivity index (χ0n) is 14.0. The van der Waals surface area contributed by atoms with Crippen LogP contribution in [-0.4, -0.2) is 35.8 Å². The Balaban J connectivity index is 1.64. The first kappa shape index (κ1) is 15.5. The average Bonchev–Trinajstić information content (AvgIpc) is 2.96. The Kier molecular flexibility index (Phi) is 4.01. The molecule has 0 saturated heterocycles. The smallest absolute Gasteiger partial charge is 0.266 e. The minimum absolute atomic E-state index is 0.0873. The molecule has 1 atom stereocenters. The van der Waals surface area contributed by atoms with Gasteiger partial charge < -0.3 is 9.47 Å². The standard InChI is InChI=1S/C17H19N7O/c1-13-7-19-17(20-8-13)23-10-14(9-22-6-5-18-15(22)12-23)11-24-16(25)3-2-4-21-24/h2-8,14H,9-12H2,1H3. The number of fused-ring (bicyclic) bond motifs is 1. The molecule has 8 nitrogen and oxygen atoms in total. The Morgan fingerprint density at radius 2 is 2.00 bits per heavy atom. The van der Waals surface area contributed by atoms with Crippen LogP contribution in [0.2, 0.25) is 0 Å². The molecule has 8 heteroatoms. The molecule has 1 aliphatic rings. The molecular formula is C17H19N7O. The molecule has 0 aromatic carbocycles. The lowest BCUT2D eigenvalue weighted by Crippen LogP contribution is -2.34. The molecule has 0 amide bonds. The third kappa shape index (κ3) is 3.28. The van der Waals surface area contributed by atoms with Crippen molar-refractivity contribution in [2.75, 3.05) is 11.4 Å². The van der Waals surface area contributed by atoms with Gasteiger partial charge in [-0.15, -0.1) is 0 Å². The van der Waals surface area contributed by atoms with Gasteiger partial charge in [0.1, 0.15) is 5.82 Å². The van der Waals surface area contributed by atoms with E-state index in [0.717, 1.165) is 24.5 Å². The van der Waals surface area contributed by atoms with Gasteiger partial charge in [-0.05, 0) is 18.6 Å². The van der Waals surface area contributed by atoms with E-state index in [2.05, 4.69) is 29.5 Å².